The summed E-state index contributed by atoms with van der Waals surface area (Å²) in [5, 5.41) is 2.81. The number of benzene rings is 1. The molecule has 0 aliphatic carbocycles. The van der Waals surface area contributed by atoms with Gasteiger partial charge in [0.25, 0.3) is 0 Å². The van der Waals surface area contributed by atoms with Crippen molar-refractivity contribution < 1.29 is 31.1 Å². The highest BCUT2D eigenvalue weighted by atomic mass is 32.2. The van der Waals surface area contributed by atoms with Crippen LogP contribution >= 0.6 is 0 Å². The summed E-state index contributed by atoms with van der Waals surface area (Å²) >= 11 is 0. The van der Waals surface area contributed by atoms with Crippen LogP contribution in [0.4, 0.5) is 13.2 Å². The van der Waals surface area contributed by atoms with Gasteiger partial charge < -0.3 is 10.1 Å². The van der Waals surface area contributed by atoms with Gasteiger partial charge in [-0.25, -0.2) is 8.42 Å². The molecule has 1 amide bonds. The van der Waals surface area contributed by atoms with Crippen LogP contribution in [0.15, 0.2) is 29.2 Å². The summed E-state index contributed by atoms with van der Waals surface area (Å²) < 4.78 is 70.2. The third kappa shape index (κ3) is 5.92. The van der Waals surface area contributed by atoms with Crippen molar-refractivity contribution in [3.63, 3.8) is 0 Å². The normalized spacial score (nSPS) is 16.9. The van der Waals surface area contributed by atoms with E-state index in [0.717, 1.165) is 22.5 Å². The molecular weight excluding hydrogens is 397 g/mol. The zero-order valence-corrected chi connectivity index (χ0v) is 16.5. The molecule has 0 unspecified atom stereocenters. The van der Waals surface area contributed by atoms with Gasteiger partial charge in [0.2, 0.25) is 15.9 Å². The second-order valence-corrected chi connectivity index (χ2v) is 8.48. The number of rotatable bonds is 8. The van der Waals surface area contributed by atoms with Gasteiger partial charge in [0.15, 0.2) is 0 Å². The lowest BCUT2D eigenvalue weighted by atomic mass is 9.97. The number of carbonyl (C=O) groups is 1. The number of alkyl halides is 3. The summed E-state index contributed by atoms with van der Waals surface area (Å²) in [5.41, 5.74) is -1.00. The van der Waals surface area contributed by atoms with Crippen molar-refractivity contribution in [2.45, 2.75) is 37.3 Å². The Bertz CT molecular complexity index is 760. The number of carbonyl (C=O) groups excluding carboxylic acids is 1. The van der Waals surface area contributed by atoms with E-state index in [0.29, 0.717) is 45.1 Å². The maximum absolute atomic E-state index is 12.8. The van der Waals surface area contributed by atoms with E-state index in [1.165, 1.54) is 0 Å². The molecule has 1 heterocycles. The van der Waals surface area contributed by atoms with E-state index in [1.807, 2.05) is 6.92 Å². The van der Waals surface area contributed by atoms with Crippen LogP contribution in [0.5, 0.6) is 0 Å². The molecule has 0 spiro atoms. The Kier molecular flexibility index (Phi) is 7.85. The van der Waals surface area contributed by atoms with Crippen LogP contribution in [-0.4, -0.2) is 51.5 Å². The topological polar surface area (TPSA) is 75.7 Å². The fourth-order valence-electron chi connectivity index (χ4n) is 3.01. The molecule has 0 bridgehead atoms. The van der Waals surface area contributed by atoms with Crippen LogP contribution in [0, 0.1) is 5.92 Å². The number of sulfonamides is 1. The molecule has 0 radical (unpaired) electrons. The first kappa shape index (κ1) is 22.6. The lowest BCUT2D eigenvalue weighted by molar-refractivity contribution is -0.137. The van der Waals surface area contributed by atoms with E-state index < -0.39 is 21.8 Å². The van der Waals surface area contributed by atoms with Crippen molar-refractivity contribution in [2.24, 2.45) is 5.92 Å². The molecule has 10 heteroatoms. The third-order valence-corrected chi connectivity index (χ3v) is 6.49. The Balaban J connectivity index is 1.92. The van der Waals surface area contributed by atoms with Crippen molar-refractivity contribution in [1.29, 1.82) is 0 Å². The molecule has 1 aliphatic rings. The molecule has 1 fully saturated rings. The van der Waals surface area contributed by atoms with Crippen LogP contribution in [0.2, 0.25) is 0 Å². The molecule has 1 N–H and O–H groups in total. The van der Waals surface area contributed by atoms with E-state index in [9.17, 15) is 26.4 Å². The van der Waals surface area contributed by atoms with Gasteiger partial charge in [-0.2, -0.15) is 17.5 Å². The summed E-state index contributed by atoms with van der Waals surface area (Å²) in [6, 6.07) is 3.72. The van der Waals surface area contributed by atoms with Crippen molar-refractivity contribution >= 4 is 15.9 Å². The Hall–Kier alpha value is -1.65. The van der Waals surface area contributed by atoms with Crippen LogP contribution in [0.1, 0.15) is 31.7 Å². The largest absolute Gasteiger partial charge is 0.416 e. The molecule has 1 saturated heterocycles. The van der Waals surface area contributed by atoms with E-state index in [-0.39, 0.29) is 29.8 Å². The Labute approximate surface area is 163 Å². The van der Waals surface area contributed by atoms with E-state index in [1.54, 1.807) is 0 Å². The summed E-state index contributed by atoms with van der Waals surface area (Å²) in [6.07, 6.45) is -3.26. The molecule has 1 aromatic rings. The highest BCUT2D eigenvalue weighted by Crippen LogP contribution is 2.32. The predicted molar refractivity (Wildman–Crippen MR) is 97.0 cm³/mol. The van der Waals surface area contributed by atoms with E-state index >= 15 is 0 Å². The number of ether oxygens (including phenoxy) is 1. The van der Waals surface area contributed by atoms with Crippen LogP contribution in [-0.2, 0) is 25.7 Å². The number of halogens is 3. The Morgan fingerprint density at radius 1 is 1.29 bits per heavy atom. The lowest BCUT2D eigenvalue weighted by Gasteiger charge is -2.30. The maximum atomic E-state index is 12.8. The van der Waals surface area contributed by atoms with Gasteiger partial charge in [0.1, 0.15) is 0 Å². The number of hydrogen-bond donors (Lipinski definition) is 1. The van der Waals surface area contributed by atoms with Crippen LogP contribution in [0.3, 0.4) is 0 Å². The fraction of sp³-hybridized carbons (Fsp3) is 0.611. The van der Waals surface area contributed by atoms with Gasteiger partial charge in [-0.15, -0.1) is 0 Å². The summed E-state index contributed by atoms with van der Waals surface area (Å²) in [4.78, 5) is 11.8. The molecule has 0 saturated carbocycles. The first-order chi connectivity index (χ1) is 13.2. The second kappa shape index (κ2) is 9.71. The Morgan fingerprint density at radius 3 is 2.57 bits per heavy atom. The van der Waals surface area contributed by atoms with Crippen molar-refractivity contribution in [1.82, 2.24) is 9.62 Å². The van der Waals surface area contributed by atoms with Crippen LogP contribution in [0.25, 0.3) is 0 Å². The van der Waals surface area contributed by atoms with Gasteiger partial charge in [-0.3, -0.25) is 4.79 Å². The van der Waals surface area contributed by atoms with Gasteiger partial charge in [-0.05, 0) is 44.4 Å². The number of hydrogen-bond acceptors (Lipinski definition) is 4. The average Bonchev–Trinajstić information content (AvgIpc) is 2.67. The van der Waals surface area contributed by atoms with Gasteiger partial charge >= 0.3 is 6.18 Å². The summed E-state index contributed by atoms with van der Waals surface area (Å²) in [5.74, 6) is -0.437. The molecule has 1 aromatic carbocycles. The molecule has 158 valence electrons. The number of nitrogens with zero attached hydrogens (tertiary/aromatic N) is 1. The predicted octanol–water partition coefficient (Wildman–Crippen LogP) is 2.65. The molecular formula is C18H25F3N2O4S. The first-order valence-electron chi connectivity index (χ1n) is 9.19. The first-order valence-corrected chi connectivity index (χ1v) is 10.6. The lowest BCUT2D eigenvalue weighted by Crippen LogP contribution is -2.43. The van der Waals surface area contributed by atoms with Crippen molar-refractivity contribution in [2.75, 3.05) is 32.8 Å². The minimum atomic E-state index is -4.61. The zero-order chi connectivity index (χ0) is 20.8. The quantitative estimate of drug-likeness (QED) is 0.654. The number of amides is 1. The third-order valence-electron chi connectivity index (χ3n) is 4.59. The number of piperidine rings is 1. The number of nitrogens with one attached hydrogen (secondary N) is 1. The molecule has 0 aromatic heterocycles. The monoisotopic (exact) mass is 422 g/mol. The molecule has 0 atom stereocenters. The van der Waals surface area contributed by atoms with E-state index in [4.69, 9.17) is 4.74 Å². The molecule has 6 nitrogen and oxygen atoms in total. The van der Waals surface area contributed by atoms with E-state index in [2.05, 4.69) is 5.32 Å². The minimum absolute atomic E-state index is 0.0929. The van der Waals surface area contributed by atoms with Gasteiger partial charge in [-0.1, -0.05) is 6.07 Å². The standard InChI is InChI=1S/C18H25F3N2O4S/c1-2-27-12-4-9-22-17(24)14-7-10-23(11-8-14)28(25,26)16-6-3-5-15(13-16)18(19,20)21/h3,5-6,13-14H,2,4,7-12H2,1H3,(H,22,24). The highest BCUT2D eigenvalue weighted by Gasteiger charge is 2.35. The average molecular weight is 422 g/mol. The highest BCUT2D eigenvalue weighted by molar-refractivity contribution is 7.89. The SMILES string of the molecule is CCOCCCNC(=O)C1CCN(S(=O)(=O)c2cccc(C(F)(F)F)c2)CC1. The molecule has 1 aliphatic heterocycles. The smallest absolute Gasteiger partial charge is 0.382 e. The summed E-state index contributed by atoms with van der Waals surface area (Å²) in [6.45, 7) is 3.74. The fourth-order valence-corrected chi connectivity index (χ4v) is 4.53. The van der Waals surface area contributed by atoms with Crippen molar-refractivity contribution in [3.05, 3.63) is 29.8 Å². The zero-order valence-electron chi connectivity index (χ0n) is 15.7. The van der Waals surface area contributed by atoms with Gasteiger partial charge in [0, 0.05) is 38.8 Å². The van der Waals surface area contributed by atoms with Gasteiger partial charge in [0.05, 0.1) is 10.5 Å². The maximum Gasteiger partial charge on any atom is 0.416 e. The second-order valence-electron chi connectivity index (χ2n) is 6.55. The molecule has 28 heavy (non-hydrogen) atoms. The Morgan fingerprint density at radius 2 is 1.96 bits per heavy atom. The van der Waals surface area contributed by atoms with Crippen molar-refractivity contribution in [3.8, 4) is 0 Å². The molecule has 2 rings (SSSR count). The minimum Gasteiger partial charge on any atom is -0.382 e. The van der Waals surface area contributed by atoms with Crippen LogP contribution < -0.4 is 5.32 Å². The summed E-state index contributed by atoms with van der Waals surface area (Å²) in [7, 11) is -4.04.